The first-order chi connectivity index (χ1) is 14.5. The van der Waals surface area contributed by atoms with Gasteiger partial charge in [-0.05, 0) is 61.0 Å². The number of carbonyl (C=O) groups excluding carboxylic acids is 2. The average Bonchev–Trinajstić information content (AvgIpc) is 2.79. The van der Waals surface area contributed by atoms with E-state index < -0.39 is 6.10 Å². The van der Waals surface area contributed by atoms with Crippen LogP contribution >= 0.6 is 0 Å². The summed E-state index contributed by atoms with van der Waals surface area (Å²) in [7, 11) is 1.59. The fourth-order valence-electron chi connectivity index (χ4n) is 2.74. The Balaban J connectivity index is 1.51. The number of hydrogen-bond acceptors (Lipinski definition) is 4. The van der Waals surface area contributed by atoms with Gasteiger partial charge in [-0.25, -0.2) is 0 Å². The predicted octanol–water partition coefficient (Wildman–Crippen LogP) is 4.03. The molecular weight excluding hydrogens is 380 g/mol. The number of rotatable bonds is 8. The molecule has 0 aliphatic carbocycles. The monoisotopic (exact) mass is 404 g/mol. The van der Waals surface area contributed by atoms with Crippen molar-refractivity contribution in [3.8, 4) is 11.5 Å². The molecule has 3 aromatic carbocycles. The molecule has 0 saturated heterocycles. The largest absolute Gasteiger partial charge is 0.497 e. The van der Waals surface area contributed by atoms with Crippen LogP contribution in [0.5, 0.6) is 11.5 Å². The van der Waals surface area contributed by atoms with Crippen molar-refractivity contribution in [2.75, 3.05) is 12.4 Å². The Bertz CT molecular complexity index is 970. The Morgan fingerprint density at radius 3 is 2.13 bits per heavy atom. The highest BCUT2D eigenvalue weighted by Crippen LogP contribution is 2.17. The third-order valence-corrected chi connectivity index (χ3v) is 4.45. The second-order valence-electron chi connectivity index (χ2n) is 6.67. The molecule has 3 aromatic rings. The molecule has 1 unspecified atom stereocenters. The van der Waals surface area contributed by atoms with Crippen LogP contribution in [0.4, 0.5) is 5.69 Å². The second kappa shape index (κ2) is 10.1. The summed E-state index contributed by atoms with van der Waals surface area (Å²) in [6, 6.07) is 23.4. The van der Waals surface area contributed by atoms with Crippen LogP contribution in [0.3, 0.4) is 0 Å². The summed E-state index contributed by atoms with van der Waals surface area (Å²) in [5, 5.41) is 5.67. The molecule has 0 bridgehead atoms. The fourth-order valence-corrected chi connectivity index (χ4v) is 2.74. The van der Waals surface area contributed by atoms with E-state index in [1.165, 1.54) is 0 Å². The summed E-state index contributed by atoms with van der Waals surface area (Å²) < 4.78 is 10.8. The molecule has 1 atom stereocenters. The summed E-state index contributed by atoms with van der Waals surface area (Å²) in [5.41, 5.74) is 2.21. The van der Waals surface area contributed by atoms with Crippen LogP contribution in [0.1, 0.15) is 22.8 Å². The molecule has 0 aliphatic heterocycles. The molecule has 6 nitrogen and oxygen atoms in total. The van der Waals surface area contributed by atoms with Gasteiger partial charge in [-0.1, -0.05) is 30.3 Å². The highest BCUT2D eigenvalue weighted by molar-refractivity contribution is 5.95. The van der Waals surface area contributed by atoms with Crippen LogP contribution in [-0.2, 0) is 11.3 Å². The Morgan fingerprint density at radius 1 is 0.867 bits per heavy atom. The molecular formula is C24H24N2O4. The van der Waals surface area contributed by atoms with E-state index in [0.29, 0.717) is 29.3 Å². The van der Waals surface area contributed by atoms with Gasteiger partial charge in [-0.15, -0.1) is 0 Å². The summed E-state index contributed by atoms with van der Waals surface area (Å²) in [6.45, 7) is 2.12. The number of carbonyl (C=O) groups is 2. The van der Waals surface area contributed by atoms with E-state index in [1.54, 1.807) is 62.6 Å². The lowest BCUT2D eigenvalue weighted by Gasteiger charge is -2.15. The van der Waals surface area contributed by atoms with E-state index in [4.69, 9.17) is 9.47 Å². The van der Waals surface area contributed by atoms with Gasteiger partial charge in [-0.3, -0.25) is 9.59 Å². The minimum Gasteiger partial charge on any atom is -0.497 e. The quantitative estimate of drug-likeness (QED) is 0.594. The molecule has 6 heteroatoms. The smallest absolute Gasteiger partial charge is 0.265 e. The maximum absolute atomic E-state index is 12.3. The van der Waals surface area contributed by atoms with Crippen molar-refractivity contribution < 1.29 is 19.1 Å². The van der Waals surface area contributed by atoms with Gasteiger partial charge in [0, 0.05) is 17.8 Å². The Hall–Kier alpha value is -3.80. The first-order valence-corrected chi connectivity index (χ1v) is 9.59. The Kier molecular flexibility index (Phi) is 7.05. The average molecular weight is 404 g/mol. The SMILES string of the molecule is COc1ccc(NC(=O)C(C)Oc2ccc(C(=O)NCc3ccccc3)cc2)cc1. The lowest BCUT2D eigenvalue weighted by Crippen LogP contribution is -2.30. The van der Waals surface area contributed by atoms with Gasteiger partial charge in [0.05, 0.1) is 7.11 Å². The number of methoxy groups -OCH3 is 1. The van der Waals surface area contributed by atoms with Gasteiger partial charge >= 0.3 is 0 Å². The van der Waals surface area contributed by atoms with Gasteiger partial charge in [-0.2, -0.15) is 0 Å². The highest BCUT2D eigenvalue weighted by atomic mass is 16.5. The van der Waals surface area contributed by atoms with Crippen molar-refractivity contribution in [1.82, 2.24) is 5.32 Å². The van der Waals surface area contributed by atoms with E-state index in [9.17, 15) is 9.59 Å². The second-order valence-corrected chi connectivity index (χ2v) is 6.67. The predicted molar refractivity (Wildman–Crippen MR) is 116 cm³/mol. The number of benzene rings is 3. The number of anilines is 1. The van der Waals surface area contributed by atoms with Crippen molar-refractivity contribution in [3.05, 3.63) is 90.0 Å². The van der Waals surface area contributed by atoms with E-state index in [0.717, 1.165) is 5.56 Å². The van der Waals surface area contributed by atoms with Crippen molar-refractivity contribution in [2.45, 2.75) is 19.6 Å². The summed E-state index contributed by atoms with van der Waals surface area (Å²) >= 11 is 0. The van der Waals surface area contributed by atoms with Gasteiger partial charge < -0.3 is 20.1 Å². The standard InChI is InChI=1S/C24H24N2O4/c1-17(23(27)26-20-10-14-21(29-2)15-11-20)30-22-12-8-19(9-13-22)24(28)25-16-18-6-4-3-5-7-18/h3-15,17H,16H2,1-2H3,(H,25,28)(H,26,27). The molecule has 0 aromatic heterocycles. The Labute approximate surface area is 175 Å². The Morgan fingerprint density at radius 2 is 1.50 bits per heavy atom. The molecule has 0 spiro atoms. The van der Waals surface area contributed by atoms with Crippen molar-refractivity contribution in [2.24, 2.45) is 0 Å². The van der Waals surface area contributed by atoms with E-state index >= 15 is 0 Å². The topological polar surface area (TPSA) is 76.7 Å². The zero-order valence-electron chi connectivity index (χ0n) is 16.9. The van der Waals surface area contributed by atoms with Crippen molar-refractivity contribution in [3.63, 3.8) is 0 Å². The third-order valence-electron chi connectivity index (χ3n) is 4.45. The van der Waals surface area contributed by atoms with Crippen LogP contribution in [0.15, 0.2) is 78.9 Å². The molecule has 0 aliphatic rings. The summed E-state index contributed by atoms with van der Waals surface area (Å²) in [5.74, 6) is 0.776. The first-order valence-electron chi connectivity index (χ1n) is 9.59. The zero-order chi connectivity index (χ0) is 21.3. The van der Waals surface area contributed by atoms with Gasteiger partial charge in [0.15, 0.2) is 6.10 Å². The maximum Gasteiger partial charge on any atom is 0.265 e. The van der Waals surface area contributed by atoms with Gasteiger partial charge in [0.2, 0.25) is 0 Å². The first kappa shape index (κ1) is 20.9. The van der Waals surface area contributed by atoms with E-state index in [-0.39, 0.29) is 11.8 Å². The lowest BCUT2D eigenvalue weighted by atomic mass is 10.2. The van der Waals surface area contributed by atoms with Crippen molar-refractivity contribution >= 4 is 17.5 Å². The van der Waals surface area contributed by atoms with Gasteiger partial charge in [0.1, 0.15) is 11.5 Å². The van der Waals surface area contributed by atoms with Crippen LogP contribution in [-0.4, -0.2) is 25.0 Å². The molecule has 0 radical (unpaired) electrons. The highest BCUT2D eigenvalue weighted by Gasteiger charge is 2.15. The van der Waals surface area contributed by atoms with Crippen LogP contribution < -0.4 is 20.1 Å². The number of amides is 2. The molecule has 2 N–H and O–H groups in total. The molecule has 0 saturated carbocycles. The number of ether oxygens (including phenoxy) is 2. The normalized spacial score (nSPS) is 11.3. The number of nitrogens with one attached hydrogen (secondary N) is 2. The van der Waals surface area contributed by atoms with Crippen LogP contribution in [0, 0.1) is 0 Å². The molecule has 0 fully saturated rings. The maximum atomic E-state index is 12.3. The minimum atomic E-state index is -0.704. The number of hydrogen-bond donors (Lipinski definition) is 2. The van der Waals surface area contributed by atoms with Crippen molar-refractivity contribution in [1.29, 1.82) is 0 Å². The summed E-state index contributed by atoms with van der Waals surface area (Å²) in [6.07, 6.45) is -0.704. The van der Waals surface area contributed by atoms with E-state index in [1.807, 2.05) is 30.3 Å². The van der Waals surface area contributed by atoms with Gasteiger partial charge in [0.25, 0.3) is 11.8 Å². The molecule has 154 valence electrons. The lowest BCUT2D eigenvalue weighted by molar-refractivity contribution is -0.122. The zero-order valence-corrected chi connectivity index (χ0v) is 16.9. The molecule has 2 amide bonds. The van der Waals surface area contributed by atoms with Crippen LogP contribution in [0.2, 0.25) is 0 Å². The van der Waals surface area contributed by atoms with E-state index in [2.05, 4.69) is 10.6 Å². The molecule has 30 heavy (non-hydrogen) atoms. The molecule has 0 heterocycles. The molecule has 3 rings (SSSR count). The minimum absolute atomic E-state index is 0.171. The van der Waals surface area contributed by atoms with Crippen LogP contribution in [0.25, 0.3) is 0 Å². The summed E-state index contributed by atoms with van der Waals surface area (Å²) in [4.78, 5) is 24.6. The third kappa shape index (κ3) is 5.85. The fraction of sp³-hybridized carbons (Fsp3) is 0.167.